The second-order valence-electron chi connectivity index (χ2n) is 4.55. The predicted octanol–water partition coefficient (Wildman–Crippen LogP) is 0.823. The van der Waals surface area contributed by atoms with E-state index in [0.29, 0.717) is 17.3 Å². The summed E-state index contributed by atoms with van der Waals surface area (Å²) in [6.07, 6.45) is 2.27. The fourth-order valence-electron chi connectivity index (χ4n) is 2.01. The molecule has 4 N–H and O–H groups in total. The van der Waals surface area contributed by atoms with Crippen LogP contribution in [-0.4, -0.2) is 21.5 Å². The highest BCUT2D eigenvalue weighted by Crippen LogP contribution is 2.35. The van der Waals surface area contributed by atoms with Crippen molar-refractivity contribution in [1.82, 2.24) is 0 Å². The van der Waals surface area contributed by atoms with Gasteiger partial charge in [-0.3, -0.25) is 0 Å². The van der Waals surface area contributed by atoms with Gasteiger partial charge < -0.3 is 10.6 Å². The van der Waals surface area contributed by atoms with E-state index >= 15 is 0 Å². The van der Waals surface area contributed by atoms with Crippen molar-refractivity contribution < 1.29 is 8.42 Å². The van der Waals surface area contributed by atoms with Gasteiger partial charge >= 0.3 is 0 Å². The lowest BCUT2D eigenvalue weighted by atomic mass is 10.1. The topological polar surface area (TPSA) is 89.4 Å². The molecule has 5 nitrogen and oxygen atoms in total. The van der Waals surface area contributed by atoms with E-state index in [1.165, 1.54) is 6.07 Å². The van der Waals surface area contributed by atoms with Crippen LogP contribution in [0.4, 0.5) is 11.4 Å². The zero-order valence-electron chi connectivity index (χ0n) is 9.97. The second-order valence-corrected chi connectivity index (χ2v) is 6.08. The molecule has 0 amide bonds. The minimum atomic E-state index is -3.72. The maximum atomic E-state index is 11.5. The van der Waals surface area contributed by atoms with Crippen molar-refractivity contribution in [2.24, 2.45) is 5.14 Å². The summed E-state index contributed by atoms with van der Waals surface area (Å²) in [4.78, 5) is 2.18. The highest BCUT2D eigenvalue weighted by molar-refractivity contribution is 7.89. The van der Waals surface area contributed by atoms with Crippen LogP contribution in [0.2, 0.25) is 0 Å². The molecule has 0 spiro atoms. The summed E-state index contributed by atoms with van der Waals surface area (Å²) in [5, 5.41) is 5.19. The number of anilines is 2. The Kier molecular flexibility index (Phi) is 2.79. The van der Waals surface area contributed by atoms with Crippen LogP contribution in [0.15, 0.2) is 17.0 Å². The Hall–Kier alpha value is -1.27. The first-order valence-electron chi connectivity index (χ1n) is 5.46. The number of primary sulfonamides is 1. The van der Waals surface area contributed by atoms with Crippen LogP contribution in [0.3, 0.4) is 0 Å². The lowest BCUT2D eigenvalue weighted by molar-refractivity contribution is 0.597. The minimum Gasteiger partial charge on any atom is -0.399 e. The maximum Gasteiger partial charge on any atom is 0.238 e. The van der Waals surface area contributed by atoms with Crippen LogP contribution in [0.1, 0.15) is 18.4 Å². The molecular weight excluding hydrogens is 238 g/mol. The number of nitrogen functional groups attached to an aromatic ring is 1. The van der Waals surface area contributed by atoms with E-state index in [1.807, 2.05) is 7.05 Å². The summed E-state index contributed by atoms with van der Waals surface area (Å²) in [5.41, 5.74) is 7.66. The summed E-state index contributed by atoms with van der Waals surface area (Å²) in [5.74, 6) is 0. The molecule has 2 rings (SSSR count). The fourth-order valence-corrected chi connectivity index (χ4v) is 2.85. The zero-order chi connectivity index (χ0) is 12.8. The third kappa shape index (κ3) is 2.37. The molecule has 0 atom stereocenters. The number of hydrogen-bond acceptors (Lipinski definition) is 4. The second kappa shape index (κ2) is 3.89. The van der Waals surface area contributed by atoms with Gasteiger partial charge in [-0.25, -0.2) is 13.6 Å². The van der Waals surface area contributed by atoms with E-state index in [2.05, 4.69) is 4.90 Å². The summed E-state index contributed by atoms with van der Waals surface area (Å²) in [6, 6.07) is 3.70. The van der Waals surface area contributed by atoms with Gasteiger partial charge in [-0.2, -0.15) is 0 Å². The molecule has 0 radical (unpaired) electrons. The van der Waals surface area contributed by atoms with Crippen molar-refractivity contribution in [2.45, 2.75) is 30.7 Å². The first-order chi connectivity index (χ1) is 7.80. The fraction of sp³-hybridized carbons (Fsp3) is 0.455. The monoisotopic (exact) mass is 255 g/mol. The molecule has 94 valence electrons. The molecule has 0 heterocycles. The molecule has 0 aliphatic heterocycles. The molecule has 1 saturated carbocycles. The molecule has 1 fully saturated rings. The van der Waals surface area contributed by atoms with Crippen molar-refractivity contribution in [3.8, 4) is 0 Å². The van der Waals surface area contributed by atoms with Crippen molar-refractivity contribution in [2.75, 3.05) is 17.7 Å². The third-order valence-corrected chi connectivity index (χ3v) is 4.17. The van der Waals surface area contributed by atoms with Gasteiger partial charge in [-0.1, -0.05) is 0 Å². The number of nitrogens with two attached hydrogens (primary N) is 2. The molecule has 6 heteroatoms. The molecule has 1 aliphatic carbocycles. The van der Waals surface area contributed by atoms with Crippen molar-refractivity contribution in [3.05, 3.63) is 17.7 Å². The van der Waals surface area contributed by atoms with Crippen LogP contribution in [0.5, 0.6) is 0 Å². The third-order valence-electron chi connectivity index (χ3n) is 3.14. The van der Waals surface area contributed by atoms with Gasteiger partial charge in [0.05, 0.1) is 4.90 Å². The van der Waals surface area contributed by atoms with Crippen LogP contribution >= 0.6 is 0 Å². The van der Waals surface area contributed by atoms with Crippen molar-refractivity contribution in [3.63, 3.8) is 0 Å². The highest BCUT2D eigenvalue weighted by Gasteiger charge is 2.28. The minimum absolute atomic E-state index is 0.111. The molecular formula is C11H17N3O2S. The molecule has 0 saturated heterocycles. The Balaban J connectivity index is 2.56. The van der Waals surface area contributed by atoms with E-state index in [4.69, 9.17) is 10.9 Å². The normalized spacial score (nSPS) is 15.9. The molecule has 0 aromatic heterocycles. The number of nitrogens with zero attached hydrogens (tertiary/aromatic N) is 1. The number of sulfonamides is 1. The molecule has 0 unspecified atom stereocenters. The van der Waals surface area contributed by atoms with Gasteiger partial charge in [-0.15, -0.1) is 0 Å². The summed E-state index contributed by atoms with van der Waals surface area (Å²) in [6.45, 7) is 1.76. The molecule has 1 aromatic carbocycles. The highest BCUT2D eigenvalue weighted by atomic mass is 32.2. The Morgan fingerprint density at radius 1 is 1.35 bits per heavy atom. The van der Waals surface area contributed by atoms with Crippen LogP contribution in [-0.2, 0) is 10.0 Å². The number of benzene rings is 1. The first kappa shape index (κ1) is 12.2. The number of rotatable bonds is 3. The van der Waals surface area contributed by atoms with E-state index < -0.39 is 10.0 Å². The zero-order valence-corrected chi connectivity index (χ0v) is 10.8. The lowest BCUT2D eigenvalue weighted by Gasteiger charge is -2.22. The van der Waals surface area contributed by atoms with Gasteiger partial charge in [0.2, 0.25) is 10.0 Å². The molecule has 17 heavy (non-hydrogen) atoms. The van der Waals surface area contributed by atoms with Crippen LogP contribution in [0, 0.1) is 6.92 Å². The van der Waals surface area contributed by atoms with Crippen LogP contribution < -0.4 is 15.8 Å². The maximum absolute atomic E-state index is 11.5. The average Bonchev–Trinajstić information content (AvgIpc) is 3.01. The summed E-state index contributed by atoms with van der Waals surface area (Å²) in [7, 11) is -1.77. The Bertz CT molecular complexity index is 550. The predicted molar refractivity (Wildman–Crippen MR) is 68.4 cm³/mol. The molecule has 1 aromatic rings. The van der Waals surface area contributed by atoms with Crippen LogP contribution in [0.25, 0.3) is 0 Å². The largest absolute Gasteiger partial charge is 0.399 e. The van der Waals surface area contributed by atoms with E-state index in [-0.39, 0.29) is 4.90 Å². The Labute approximate surface area is 101 Å². The van der Waals surface area contributed by atoms with Gasteiger partial charge in [-0.05, 0) is 37.5 Å². The lowest BCUT2D eigenvalue weighted by Crippen LogP contribution is -2.22. The summed E-state index contributed by atoms with van der Waals surface area (Å²) >= 11 is 0. The van der Waals surface area contributed by atoms with E-state index in [9.17, 15) is 8.42 Å². The Morgan fingerprint density at radius 2 is 1.94 bits per heavy atom. The van der Waals surface area contributed by atoms with Gasteiger partial charge in [0, 0.05) is 24.5 Å². The molecule has 1 aliphatic rings. The van der Waals surface area contributed by atoms with Crippen molar-refractivity contribution in [1.29, 1.82) is 0 Å². The SMILES string of the molecule is Cc1c(N(C)C2CC2)cc(N)cc1S(N)(=O)=O. The van der Waals surface area contributed by atoms with Gasteiger partial charge in [0.25, 0.3) is 0 Å². The van der Waals surface area contributed by atoms with Crippen molar-refractivity contribution >= 4 is 21.4 Å². The smallest absolute Gasteiger partial charge is 0.238 e. The van der Waals surface area contributed by atoms with Gasteiger partial charge in [0.15, 0.2) is 0 Å². The standard InChI is InChI=1S/C11H17N3O2S/c1-7-10(14(2)9-3-4-9)5-8(12)6-11(7)17(13,15)16/h5-6,9H,3-4,12H2,1-2H3,(H2,13,15,16). The Morgan fingerprint density at radius 3 is 2.41 bits per heavy atom. The number of hydrogen-bond donors (Lipinski definition) is 2. The van der Waals surface area contributed by atoms with E-state index in [1.54, 1.807) is 13.0 Å². The molecule has 0 bridgehead atoms. The van der Waals surface area contributed by atoms with E-state index in [0.717, 1.165) is 18.5 Å². The summed E-state index contributed by atoms with van der Waals surface area (Å²) < 4.78 is 22.9. The quantitative estimate of drug-likeness (QED) is 0.783. The average molecular weight is 255 g/mol. The van der Waals surface area contributed by atoms with Gasteiger partial charge in [0.1, 0.15) is 0 Å². The first-order valence-corrected chi connectivity index (χ1v) is 7.01.